The highest BCUT2D eigenvalue weighted by Crippen LogP contribution is 2.12. The fourth-order valence-corrected chi connectivity index (χ4v) is 2.83. The lowest BCUT2D eigenvalue weighted by Gasteiger charge is -2.04. The molecule has 0 bridgehead atoms. The summed E-state index contributed by atoms with van der Waals surface area (Å²) in [5.74, 6) is -1.16. The lowest BCUT2D eigenvalue weighted by Crippen LogP contribution is -2.33. The molecule has 0 aliphatic carbocycles. The SMILES string of the molecule is Cc1nn(C)c(C)c1C(=O)C(=O)NCCc1cnn(-c2ccccc2)c1. The first-order valence-corrected chi connectivity index (χ1v) is 8.39. The molecule has 1 aromatic carbocycles. The maximum absolute atomic E-state index is 12.3. The average Bonchev–Trinajstić information content (AvgIpc) is 3.20. The zero-order valence-electron chi connectivity index (χ0n) is 15.1. The summed E-state index contributed by atoms with van der Waals surface area (Å²) < 4.78 is 3.39. The van der Waals surface area contributed by atoms with Crippen molar-refractivity contribution in [2.75, 3.05) is 6.54 Å². The maximum atomic E-state index is 12.3. The number of rotatable bonds is 6. The Bertz CT molecular complexity index is 940. The molecule has 2 heterocycles. The van der Waals surface area contributed by atoms with E-state index in [0.29, 0.717) is 29.9 Å². The number of para-hydroxylation sites is 1. The number of carbonyl (C=O) groups excluding carboxylic acids is 2. The standard InChI is InChI=1S/C19H21N5O2/c1-13-17(14(2)23(3)22-13)18(25)19(26)20-10-9-15-11-21-24(12-15)16-7-5-4-6-8-16/h4-8,11-12H,9-10H2,1-3H3,(H,20,26). The fraction of sp³-hybridized carbons (Fsp3) is 0.263. The third kappa shape index (κ3) is 3.56. The number of benzene rings is 1. The van der Waals surface area contributed by atoms with Crippen molar-refractivity contribution in [2.45, 2.75) is 20.3 Å². The van der Waals surface area contributed by atoms with Gasteiger partial charge in [-0.25, -0.2) is 4.68 Å². The topological polar surface area (TPSA) is 81.8 Å². The molecule has 1 N–H and O–H groups in total. The number of Topliss-reactive ketones (excluding diaryl/α,β-unsaturated/α-hetero) is 1. The number of ketones is 1. The van der Waals surface area contributed by atoms with E-state index in [2.05, 4.69) is 15.5 Å². The Balaban J connectivity index is 1.57. The Labute approximate surface area is 151 Å². The van der Waals surface area contributed by atoms with Crippen LogP contribution in [0.15, 0.2) is 42.7 Å². The van der Waals surface area contributed by atoms with E-state index in [1.54, 1.807) is 36.5 Å². The number of nitrogens with zero attached hydrogens (tertiary/aromatic N) is 4. The number of hydrogen-bond donors (Lipinski definition) is 1. The Morgan fingerprint density at radius 1 is 1.15 bits per heavy atom. The molecular weight excluding hydrogens is 330 g/mol. The monoisotopic (exact) mass is 351 g/mol. The van der Waals surface area contributed by atoms with Gasteiger partial charge < -0.3 is 5.32 Å². The lowest BCUT2D eigenvalue weighted by molar-refractivity contribution is -0.116. The first-order valence-electron chi connectivity index (χ1n) is 8.39. The number of aryl methyl sites for hydroxylation is 2. The van der Waals surface area contributed by atoms with Crippen molar-refractivity contribution in [1.82, 2.24) is 24.9 Å². The highest BCUT2D eigenvalue weighted by molar-refractivity contribution is 6.43. The summed E-state index contributed by atoms with van der Waals surface area (Å²) in [5, 5.41) is 11.2. The molecule has 0 saturated carbocycles. The van der Waals surface area contributed by atoms with Crippen LogP contribution in [-0.2, 0) is 18.3 Å². The lowest BCUT2D eigenvalue weighted by atomic mass is 10.1. The summed E-state index contributed by atoms with van der Waals surface area (Å²) in [7, 11) is 1.75. The minimum atomic E-state index is -0.611. The molecule has 3 aromatic rings. The predicted molar refractivity (Wildman–Crippen MR) is 97.3 cm³/mol. The molecule has 0 unspecified atom stereocenters. The third-order valence-corrected chi connectivity index (χ3v) is 4.30. The Morgan fingerprint density at radius 2 is 1.88 bits per heavy atom. The van der Waals surface area contributed by atoms with Crippen LogP contribution < -0.4 is 5.32 Å². The molecule has 0 aliphatic heterocycles. The summed E-state index contributed by atoms with van der Waals surface area (Å²) in [4.78, 5) is 24.5. The largest absolute Gasteiger partial charge is 0.349 e. The van der Waals surface area contributed by atoms with Crippen LogP contribution in [0.2, 0.25) is 0 Å². The first kappa shape index (κ1) is 17.6. The summed E-state index contributed by atoms with van der Waals surface area (Å²) >= 11 is 0. The number of hydrogen-bond acceptors (Lipinski definition) is 4. The molecule has 26 heavy (non-hydrogen) atoms. The van der Waals surface area contributed by atoms with Gasteiger partial charge >= 0.3 is 0 Å². The number of aromatic nitrogens is 4. The second-order valence-corrected chi connectivity index (χ2v) is 6.13. The van der Waals surface area contributed by atoms with Gasteiger partial charge in [-0.2, -0.15) is 10.2 Å². The van der Waals surface area contributed by atoms with Gasteiger partial charge in [-0.1, -0.05) is 18.2 Å². The van der Waals surface area contributed by atoms with Gasteiger partial charge in [0.2, 0.25) is 0 Å². The van der Waals surface area contributed by atoms with E-state index in [4.69, 9.17) is 0 Å². The molecule has 0 aliphatic rings. The van der Waals surface area contributed by atoms with E-state index in [1.165, 1.54) is 0 Å². The van der Waals surface area contributed by atoms with Crippen molar-refractivity contribution in [1.29, 1.82) is 0 Å². The Morgan fingerprint density at radius 3 is 2.54 bits per heavy atom. The molecule has 1 amide bonds. The molecule has 0 fully saturated rings. The van der Waals surface area contributed by atoms with Gasteiger partial charge in [0.25, 0.3) is 11.7 Å². The molecule has 0 atom stereocenters. The summed E-state index contributed by atoms with van der Waals surface area (Å²) in [5.41, 5.74) is 3.58. The Kier molecular flexibility index (Phi) is 4.97. The summed E-state index contributed by atoms with van der Waals surface area (Å²) in [6.07, 6.45) is 4.27. The summed E-state index contributed by atoms with van der Waals surface area (Å²) in [6.45, 7) is 3.87. The van der Waals surface area contributed by atoms with E-state index < -0.39 is 11.7 Å². The van der Waals surface area contributed by atoms with Crippen molar-refractivity contribution in [3.63, 3.8) is 0 Å². The van der Waals surface area contributed by atoms with Crippen LogP contribution in [-0.4, -0.2) is 37.8 Å². The van der Waals surface area contributed by atoms with Gasteiger partial charge in [0.15, 0.2) is 0 Å². The van der Waals surface area contributed by atoms with E-state index in [1.807, 2.05) is 36.5 Å². The van der Waals surface area contributed by atoms with Gasteiger partial charge in [-0.15, -0.1) is 0 Å². The van der Waals surface area contributed by atoms with Crippen LogP contribution in [0.4, 0.5) is 0 Å². The summed E-state index contributed by atoms with van der Waals surface area (Å²) in [6, 6.07) is 9.79. The molecule has 0 saturated heterocycles. The van der Waals surface area contributed by atoms with Gasteiger partial charge in [0, 0.05) is 25.5 Å². The minimum Gasteiger partial charge on any atom is -0.349 e. The average molecular weight is 351 g/mol. The van der Waals surface area contributed by atoms with Crippen molar-refractivity contribution in [3.8, 4) is 5.69 Å². The minimum absolute atomic E-state index is 0.364. The van der Waals surface area contributed by atoms with Crippen molar-refractivity contribution >= 4 is 11.7 Å². The molecule has 2 aromatic heterocycles. The van der Waals surface area contributed by atoms with Crippen LogP contribution in [0.3, 0.4) is 0 Å². The number of amides is 1. The third-order valence-electron chi connectivity index (χ3n) is 4.30. The zero-order chi connectivity index (χ0) is 18.7. The van der Waals surface area contributed by atoms with Crippen LogP contribution >= 0.6 is 0 Å². The van der Waals surface area contributed by atoms with Gasteiger partial charge in [0.1, 0.15) is 0 Å². The molecule has 7 nitrogen and oxygen atoms in total. The smallest absolute Gasteiger partial charge is 0.292 e. The van der Waals surface area contributed by atoms with Gasteiger partial charge in [-0.3, -0.25) is 14.3 Å². The second kappa shape index (κ2) is 7.35. The fourth-order valence-electron chi connectivity index (χ4n) is 2.83. The van der Waals surface area contributed by atoms with Crippen LogP contribution in [0.5, 0.6) is 0 Å². The van der Waals surface area contributed by atoms with E-state index in [9.17, 15) is 9.59 Å². The highest BCUT2D eigenvalue weighted by atomic mass is 16.2. The van der Waals surface area contributed by atoms with Crippen molar-refractivity contribution in [2.24, 2.45) is 7.05 Å². The second-order valence-electron chi connectivity index (χ2n) is 6.13. The highest BCUT2D eigenvalue weighted by Gasteiger charge is 2.23. The first-order chi connectivity index (χ1) is 12.5. The molecule has 0 radical (unpaired) electrons. The van der Waals surface area contributed by atoms with Crippen molar-refractivity contribution in [3.05, 3.63) is 65.2 Å². The molecule has 134 valence electrons. The molecular formula is C19H21N5O2. The normalized spacial score (nSPS) is 10.7. The molecule has 3 rings (SSSR count). The van der Waals surface area contributed by atoms with Crippen LogP contribution in [0, 0.1) is 13.8 Å². The predicted octanol–water partition coefficient (Wildman–Crippen LogP) is 1.76. The van der Waals surface area contributed by atoms with E-state index >= 15 is 0 Å². The zero-order valence-corrected chi connectivity index (χ0v) is 15.1. The number of carbonyl (C=O) groups is 2. The van der Waals surface area contributed by atoms with E-state index in [0.717, 1.165) is 11.3 Å². The van der Waals surface area contributed by atoms with Crippen molar-refractivity contribution < 1.29 is 9.59 Å². The quantitative estimate of drug-likeness (QED) is 0.542. The molecule has 7 heteroatoms. The van der Waals surface area contributed by atoms with Crippen LogP contribution in [0.25, 0.3) is 5.69 Å². The molecule has 0 spiro atoms. The van der Waals surface area contributed by atoms with Gasteiger partial charge in [0.05, 0.1) is 23.1 Å². The van der Waals surface area contributed by atoms with Crippen LogP contribution in [0.1, 0.15) is 27.3 Å². The maximum Gasteiger partial charge on any atom is 0.292 e. The van der Waals surface area contributed by atoms with E-state index in [-0.39, 0.29) is 0 Å². The van der Waals surface area contributed by atoms with Gasteiger partial charge in [-0.05, 0) is 38.0 Å². The Hall–Kier alpha value is -3.22. The number of nitrogens with one attached hydrogen (secondary N) is 1.